The number of aryl methyl sites for hydroxylation is 1. The van der Waals surface area contributed by atoms with Gasteiger partial charge in [0.15, 0.2) is 3.92 Å². The molecule has 0 amide bonds. The van der Waals surface area contributed by atoms with Crippen LogP contribution in [0.25, 0.3) is 10.2 Å². The van der Waals surface area contributed by atoms with Gasteiger partial charge in [-0.1, -0.05) is 19.4 Å². The maximum Gasteiger partial charge on any atom is 0.160 e. The molecule has 1 N–H and O–H groups in total. The number of thiazole rings is 1. The minimum absolute atomic E-state index is 0.296. The van der Waals surface area contributed by atoms with Crippen LogP contribution < -0.4 is 0 Å². The van der Waals surface area contributed by atoms with Crippen molar-refractivity contribution in [3.05, 3.63) is 27.7 Å². The smallest absolute Gasteiger partial charge is 0.160 e. The molecule has 2 nitrogen and oxygen atoms in total. The summed E-state index contributed by atoms with van der Waals surface area (Å²) in [6.45, 7) is 2.43. The Morgan fingerprint density at radius 3 is 3.00 bits per heavy atom. The van der Waals surface area contributed by atoms with E-state index < -0.39 is 0 Å². The van der Waals surface area contributed by atoms with E-state index in [0.717, 1.165) is 28.7 Å². The van der Waals surface area contributed by atoms with Gasteiger partial charge in [0.2, 0.25) is 0 Å². The van der Waals surface area contributed by atoms with Crippen LogP contribution in [0.4, 0.5) is 0 Å². The van der Waals surface area contributed by atoms with E-state index >= 15 is 0 Å². The lowest BCUT2D eigenvalue weighted by molar-refractivity contribution is 0.215. The number of aromatic nitrogens is 1. The van der Waals surface area contributed by atoms with Gasteiger partial charge in [0.05, 0.1) is 10.2 Å². The highest BCUT2D eigenvalue weighted by atomic mass is 79.9. The zero-order chi connectivity index (χ0) is 12.3. The minimum atomic E-state index is 0.296. The summed E-state index contributed by atoms with van der Waals surface area (Å²) in [7, 11) is 0. The Morgan fingerprint density at radius 1 is 1.47 bits per heavy atom. The van der Waals surface area contributed by atoms with Crippen molar-refractivity contribution in [1.82, 2.24) is 4.98 Å². The van der Waals surface area contributed by atoms with E-state index in [2.05, 4.69) is 46.0 Å². The van der Waals surface area contributed by atoms with Crippen LogP contribution in [0.15, 0.2) is 22.1 Å². The summed E-state index contributed by atoms with van der Waals surface area (Å²) >= 11 is 5.08. The molecule has 1 unspecified atom stereocenters. The van der Waals surface area contributed by atoms with Gasteiger partial charge in [0, 0.05) is 6.61 Å². The molecule has 0 spiro atoms. The first-order chi connectivity index (χ1) is 8.22. The number of halogens is 1. The van der Waals surface area contributed by atoms with Gasteiger partial charge in [-0.25, -0.2) is 4.98 Å². The average molecular weight is 314 g/mol. The minimum Gasteiger partial charge on any atom is -0.396 e. The third kappa shape index (κ3) is 3.27. The van der Waals surface area contributed by atoms with E-state index in [4.69, 9.17) is 5.11 Å². The molecule has 2 aromatic rings. The lowest BCUT2D eigenvalue weighted by atomic mass is 9.98. The fourth-order valence-electron chi connectivity index (χ4n) is 1.89. The van der Waals surface area contributed by atoms with E-state index in [1.54, 1.807) is 11.3 Å². The molecule has 0 bridgehead atoms. The maximum atomic E-state index is 9.16. The molecule has 0 aliphatic rings. The first-order valence-electron chi connectivity index (χ1n) is 5.88. The summed E-state index contributed by atoms with van der Waals surface area (Å²) in [5, 5.41) is 9.16. The van der Waals surface area contributed by atoms with Gasteiger partial charge >= 0.3 is 0 Å². The van der Waals surface area contributed by atoms with E-state index in [1.165, 1.54) is 10.3 Å². The van der Waals surface area contributed by atoms with Crippen LogP contribution in [0, 0.1) is 5.92 Å². The van der Waals surface area contributed by atoms with E-state index in [1.807, 2.05) is 0 Å². The van der Waals surface area contributed by atoms with Crippen LogP contribution >= 0.6 is 27.3 Å². The van der Waals surface area contributed by atoms with Crippen molar-refractivity contribution in [3.8, 4) is 0 Å². The predicted molar refractivity (Wildman–Crippen MR) is 76.5 cm³/mol. The molecule has 2 rings (SSSR count). The van der Waals surface area contributed by atoms with Crippen molar-refractivity contribution >= 4 is 37.5 Å². The molecular weight excluding hydrogens is 298 g/mol. The van der Waals surface area contributed by atoms with Crippen molar-refractivity contribution < 1.29 is 5.11 Å². The monoisotopic (exact) mass is 313 g/mol. The van der Waals surface area contributed by atoms with Crippen molar-refractivity contribution in [2.45, 2.75) is 26.2 Å². The van der Waals surface area contributed by atoms with Crippen LogP contribution in [0.1, 0.15) is 25.3 Å². The van der Waals surface area contributed by atoms with Gasteiger partial charge in [-0.3, -0.25) is 0 Å². The quantitative estimate of drug-likeness (QED) is 0.904. The zero-order valence-corrected chi connectivity index (χ0v) is 12.2. The van der Waals surface area contributed by atoms with Gasteiger partial charge in [-0.15, -0.1) is 11.3 Å². The normalized spacial score (nSPS) is 13.1. The standard InChI is InChI=1S/C13H16BrNOS/c1-2-9(8-16)3-4-10-5-6-11-12(7-10)17-13(14)15-11/h5-7,9,16H,2-4,8H2,1H3. The number of fused-ring (bicyclic) bond motifs is 1. The number of hydrogen-bond donors (Lipinski definition) is 1. The van der Waals surface area contributed by atoms with Crippen molar-refractivity contribution in [2.75, 3.05) is 6.61 Å². The summed E-state index contributed by atoms with van der Waals surface area (Å²) in [5.74, 6) is 0.430. The molecule has 92 valence electrons. The summed E-state index contributed by atoms with van der Waals surface area (Å²) in [6.07, 6.45) is 3.13. The number of hydrogen-bond acceptors (Lipinski definition) is 3. The van der Waals surface area contributed by atoms with E-state index in [9.17, 15) is 0 Å². The molecule has 0 aliphatic heterocycles. The Hall–Kier alpha value is -0.450. The Balaban J connectivity index is 2.08. The highest BCUT2D eigenvalue weighted by Gasteiger charge is 2.06. The third-order valence-corrected chi connectivity index (χ3v) is 4.57. The second-order valence-corrected chi connectivity index (χ2v) is 6.57. The Bertz CT molecular complexity index is 493. The first-order valence-corrected chi connectivity index (χ1v) is 7.49. The van der Waals surface area contributed by atoms with Gasteiger partial charge in [0.25, 0.3) is 0 Å². The molecule has 17 heavy (non-hydrogen) atoms. The second-order valence-electron chi connectivity index (χ2n) is 4.26. The van der Waals surface area contributed by atoms with Gasteiger partial charge in [-0.2, -0.15) is 0 Å². The largest absolute Gasteiger partial charge is 0.396 e. The van der Waals surface area contributed by atoms with Gasteiger partial charge < -0.3 is 5.11 Å². The summed E-state index contributed by atoms with van der Waals surface area (Å²) in [6, 6.07) is 6.42. The van der Waals surface area contributed by atoms with Crippen LogP contribution in [0.5, 0.6) is 0 Å². The zero-order valence-electron chi connectivity index (χ0n) is 9.82. The number of benzene rings is 1. The van der Waals surface area contributed by atoms with Gasteiger partial charge in [-0.05, 0) is 52.4 Å². The SMILES string of the molecule is CCC(CO)CCc1ccc2nc(Br)sc2c1. The summed E-state index contributed by atoms with van der Waals surface area (Å²) in [5.41, 5.74) is 2.39. The van der Waals surface area contributed by atoms with Gasteiger partial charge in [0.1, 0.15) is 0 Å². The lowest BCUT2D eigenvalue weighted by Gasteiger charge is -2.10. The number of aliphatic hydroxyl groups excluding tert-OH is 1. The molecule has 0 saturated heterocycles. The van der Waals surface area contributed by atoms with Crippen molar-refractivity contribution in [2.24, 2.45) is 5.92 Å². The highest BCUT2D eigenvalue weighted by Crippen LogP contribution is 2.27. The molecule has 1 atom stereocenters. The molecule has 0 aliphatic carbocycles. The van der Waals surface area contributed by atoms with Crippen LogP contribution in [-0.2, 0) is 6.42 Å². The Labute approximate surface area is 114 Å². The van der Waals surface area contributed by atoms with Crippen LogP contribution in [0.2, 0.25) is 0 Å². The topological polar surface area (TPSA) is 33.1 Å². The fourth-order valence-corrected chi connectivity index (χ4v) is 3.36. The summed E-state index contributed by atoms with van der Waals surface area (Å²) < 4.78 is 2.16. The molecule has 4 heteroatoms. The highest BCUT2D eigenvalue weighted by molar-refractivity contribution is 9.11. The molecule has 0 radical (unpaired) electrons. The molecule has 0 fully saturated rings. The number of rotatable bonds is 5. The van der Waals surface area contributed by atoms with Crippen molar-refractivity contribution in [3.63, 3.8) is 0 Å². The molecule has 1 heterocycles. The molecule has 1 aromatic heterocycles. The fraction of sp³-hybridized carbons (Fsp3) is 0.462. The van der Waals surface area contributed by atoms with Crippen LogP contribution in [0.3, 0.4) is 0 Å². The lowest BCUT2D eigenvalue weighted by Crippen LogP contribution is -2.05. The van der Waals surface area contributed by atoms with Crippen LogP contribution in [-0.4, -0.2) is 16.7 Å². The maximum absolute atomic E-state index is 9.16. The molecular formula is C13H16BrNOS. The average Bonchev–Trinajstić information content (AvgIpc) is 2.69. The number of nitrogens with zero attached hydrogens (tertiary/aromatic N) is 1. The Kier molecular flexibility index (Phi) is 4.54. The molecule has 1 aromatic carbocycles. The van der Waals surface area contributed by atoms with Crippen molar-refractivity contribution in [1.29, 1.82) is 0 Å². The Morgan fingerprint density at radius 2 is 2.29 bits per heavy atom. The van der Waals surface area contributed by atoms with E-state index in [0.29, 0.717) is 12.5 Å². The molecule has 0 saturated carbocycles. The third-order valence-electron chi connectivity index (χ3n) is 3.10. The first kappa shape index (κ1) is 13.0. The predicted octanol–water partition coefficient (Wildman–Crippen LogP) is 4.01. The number of aliphatic hydroxyl groups is 1. The second kappa shape index (κ2) is 5.94. The summed E-state index contributed by atoms with van der Waals surface area (Å²) in [4.78, 5) is 4.38. The van der Waals surface area contributed by atoms with E-state index in [-0.39, 0.29) is 0 Å².